The van der Waals surface area contributed by atoms with Crippen molar-refractivity contribution in [3.63, 3.8) is 0 Å². The molecule has 156 valence electrons. The van der Waals surface area contributed by atoms with E-state index < -0.39 is 28.7 Å². The normalized spacial score (nSPS) is 13.7. The van der Waals surface area contributed by atoms with Crippen LogP contribution in [0.1, 0.15) is 34.1 Å². The molecule has 0 bridgehead atoms. The third kappa shape index (κ3) is 9.87. The first kappa shape index (κ1) is 23.4. The number of nitrogens with zero attached hydrogens (tertiary/aromatic N) is 4. The van der Waals surface area contributed by atoms with Gasteiger partial charge in [-0.2, -0.15) is 0 Å². The molecule has 1 heterocycles. The summed E-state index contributed by atoms with van der Waals surface area (Å²) in [5.74, 6) is -0.686. The number of hydrogen-bond donors (Lipinski definition) is 3. The molecule has 0 aromatic carbocycles. The van der Waals surface area contributed by atoms with Crippen molar-refractivity contribution < 1.29 is 19.4 Å². The van der Waals surface area contributed by atoms with E-state index in [1.165, 1.54) is 11.3 Å². The molecule has 2 amide bonds. The fraction of sp³-hybridized carbons (Fsp3) is 0.667. The van der Waals surface area contributed by atoms with Crippen LogP contribution in [0.15, 0.2) is 21.9 Å². The molecule has 1 aromatic rings. The Bertz CT molecular complexity index is 675. The number of nitro groups is 1. The molecule has 2 unspecified atom stereocenters. The fourth-order valence-electron chi connectivity index (χ4n) is 2.08. The highest BCUT2D eigenvalue weighted by Gasteiger charge is 2.29. The third-order valence-corrected chi connectivity index (χ3v) is 3.97. The van der Waals surface area contributed by atoms with Gasteiger partial charge in [0.2, 0.25) is 12.6 Å². The van der Waals surface area contributed by atoms with Crippen molar-refractivity contribution in [1.82, 2.24) is 15.6 Å². The minimum atomic E-state index is -0.895. The predicted octanol–water partition coefficient (Wildman–Crippen LogP) is 2.19. The fourth-order valence-corrected chi connectivity index (χ4v) is 2.61. The van der Waals surface area contributed by atoms with Crippen LogP contribution >= 0.6 is 11.3 Å². The first-order valence-electron chi connectivity index (χ1n) is 8.51. The van der Waals surface area contributed by atoms with Gasteiger partial charge in [0.15, 0.2) is 10.4 Å². The first-order valence-corrected chi connectivity index (χ1v) is 9.39. The summed E-state index contributed by atoms with van der Waals surface area (Å²) in [6.07, 6.45) is 1.34. The monoisotopic (exact) mass is 415 g/mol. The van der Waals surface area contributed by atoms with Gasteiger partial charge in [0.1, 0.15) is 11.6 Å². The summed E-state index contributed by atoms with van der Waals surface area (Å²) in [6, 6.07) is -0.860. The van der Waals surface area contributed by atoms with Crippen LogP contribution in [-0.4, -0.2) is 46.9 Å². The molecule has 0 spiro atoms. The number of alkyl carbamates (subject to hydrolysis) is 1. The second kappa shape index (κ2) is 11.2. The van der Waals surface area contributed by atoms with E-state index in [9.17, 15) is 19.7 Å². The zero-order chi connectivity index (χ0) is 21.2. The van der Waals surface area contributed by atoms with E-state index in [1.807, 2.05) is 0 Å². The molecule has 1 aromatic heterocycles. The van der Waals surface area contributed by atoms with Crippen LogP contribution in [0.3, 0.4) is 0 Å². The van der Waals surface area contributed by atoms with Gasteiger partial charge in [-0.05, 0) is 39.7 Å². The molecule has 0 aliphatic carbocycles. The van der Waals surface area contributed by atoms with Crippen LogP contribution in [0.2, 0.25) is 0 Å². The molecule has 0 aliphatic rings. The second-order valence-electron chi connectivity index (χ2n) is 6.84. The molecular weight excluding hydrogens is 390 g/mol. The van der Waals surface area contributed by atoms with Gasteiger partial charge in [0.25, 0.3) is 0 Å². The average Bonchev–Trinajstić information content (AvgIpc) is 3.06. The van der Waals surface area contributed by atoms with Gasteiger partial charge in [0, 0.05) is 11.6 Å². The van der Waals surface area contributed by atoms with E-state index in [-0.39, 0.29) is 12.6 Å². The van der Waals surface area contributed by atoms with E-state index in [0.717, 1.165) is 0 Å². The van der Waals surface area contributed by atoms with Crippen molar-refractivity contribution in [2.45, 2.75) is 45.8 Å². The summed E-state index contributed by atoms with van der Waals surface area (Å²) in [4.78, 5) is 38.8. The smallest absolute Gasteiger partial charge is 0.408 e. The second-order valence-corrected chi connectivity index (χ2v) is 7.74. The van der Waals surface area contributed by atoms with E-state index in [1.54, 1.807) is 39.3 Å². The third-order valence-electron chi connectivity index (χ3n) is 3.28. The van der Waals surface area contributed by atoms with Gasteiger partial charge >= 0.3 is 6.09 Å². The van der Waals surface area contributed by atoms with Gasteiger partial charge in [-0.25, -0.2) is 9.78 Å². The Morgan fingerprint density at radius 3 is 2.71 bits per heavy atom. The van der Waals surface area contributed by atoms with Crippen LogP contribution in [-0.2, 0) is 9.53 Å². The van der Waals surface area contributed by atoms with Crippen molar-refractivity contribution in [3.05, 3.63) is 21.7 Å². The average molecular weight is 415 g/mol. The minimum Gasteiger partial charge on any atom is -0.444 e. The zero-order valence-corrected chi connectivity index (χ0v) is 17.0. The number of aromatic nitrogens is 1. The number of rotatable bonds is 10. The van der Waals surface area contributed by atoms with Crippen molar-refractivity contribution in [2.75, 3.05) is 18.5 Å². The molecule has 28 heavy (non-hydrogen) atoms. The topological polar surface area (TPSA) is 160 Å². The maximum absolute atomic E-state index is 12.6. The number of amides is 2. The molecular formula is C15H25N7O5S. The lowest BCUT2D eigenvalue weighted by Crippen LogP contribution is -2.49. The van der Waals surface area contributed by atoms with Crippen LogP contribution in [0.4, 0.5) is 9.93 Å². The molecule has 3 N–H and O–H groups in total. The molecule has 0 saturated heterocycles. The Balaban J connectivity index is 2.65. The van der Waals surface area contributed by atoms with Crippen molar-refractivity contribution >= 4 is 28.5 Å². The van der Waals surface area contributed by atoms with Gasteiger partial charge in [-0.15, -0.1) is 11.3 Å². The number of ether oxygens (including phenoxy) is 1. The molecule has 0 fully saturated rings. The Kier molecular flexibility index (Phi) is 9.38. The van der Waals surface area contributed by atoms with Crippen LogP contribution < -0.4 is 16.0 Å². The van der Waals surface area contributed by atoms with E-state index in [0.29, 0.717) is 18.1 Å². The number of anilines is 1. The summed E-state index contributed by atoms with van der Waals surface area (Å²) in [5, 5.41) is 25.5. The van der Waals surface area contributed by atoms with Crippen LogP contribution in [0.5, 0.6) is 0 Å². The molecule has 12 nitrogen and oxygen atoms in total. The minimum absolute atomic E-state index is 0.0246. The van der Waals surface area contributed by atoms with Gasteiger partial charge in [-0.1, -0.05) is 6.92 Å². The van der Waals surface area contributed by atoms with Crippen LogP contribution in [0, 0.1) is 16.0 Å². The van der Waals surface area contributed by atoms with Crippen molar-refractivity contribution in [2.24, 2.45) is 16.3 Å². The van der Waals surface area contributed by atoms with Gasteiger partial charge < -0.3 is 25.5 Å². The van der Waals surface area contributed by atoms with E-state index >= 15 is 0 Å². The molecule has 0 aliphatic heterocycles. The molecule has 2 atom stereocenters. The van der Waals surface area contributed by atoms with Gasteiger partial charge in [-0.3, -0.25) is 10.1 Å². The molecule has 0 radical (unpaired) electrons. The summed E-state index contributed by atoms with van der Waals surface area (Å²) in [5.41, 5.74) is -0.701. The Morgan fingerprint density at radius 2 is 2.14 bits per heavy atom. The molecule has 0 saturated carbocycles. The SMILES string of the molecule is CC(CCNCN=N[N+](=O)[O-])C(NC(=O)OC(C)(C)C)C(=O)Nc1nccs1. The highest BCUT2D eigenvalue weighted by atomic mass is 32.1. The maximum Gasteiger partial charge on any atom is 0.408 e. The first-order chi connectivity index (χ1) is 13.1. The summed E-state index contributed by atoms with van der Waals surface area (Å²) >= 11 is 1.26. The highest BCUT2D eigenvalue weighted by molar-refractivity contribution is 7.13. The Morgan fingerprint density at radius 1 is 1.43 bits per heavy atom. The molecule has 1 rings (SSSR count). The number of thiazole rings is 1. The standard InChI is InChI=1S/C15H25N7O5S/c1-10(5-6-16-9-18-21-22(25)26)11(19-14(24)27-15(2,3)4)12(23)20-13-17-7-8-28-13/h7-8,10-11,16H,5-6,9H2,1-4H3,(H,19,24)(H,17,20,23). The van der Waals surface area contributed by atoms with Gasteiger partial charge in [0.05, 0.1) is 10.1 Å². The zero-order valence-electron chi connectivity index (χ0n) is 16.2. The van der Waals surface area contributed by atoms with Crippen molar-refractivity contribution in [1.29, 1.82) is 0 Å². The van der Waals surface area contributed by atoms with Crippen LogP contribution in [0.25, 0.3) is 0 Å². The predicted molar refractivity (Wildman–Crippen MR) is 102 cm³/mol. The highest BCUT2D eigenvalue weighted by Crippen LogP contribution is 2.15. The lowest BCUT2D eigenvalue weighted by Gasteiger charge is -2.26. The van der Waals surface area contributed by atoms with E-state index in [4.69, 9.17) is 4.74 Å². The lowest BCUT2D eigenvalue weighted by atomic mass is 9.97. The van der Waals surface area contributed by atoms with Crippen molar-refractivity contribution in [3.8, 4) is 0 Å². The number of carbonyl (C=O) groups is 2. The largest absolute Gasteiger partial charge is 0.444 e. The van der Waals surface area contributed by atoms with E-state index in [2.05, 4.69) is 31.3 Å². The lowest BCUT2D eigenvalue weighted by molar-refractivity contribution is -0.494. The number of hydrogen-bond acceptors (Lipinski definition) is 9. The Labute approximate surface area is 166 Å². The molecule has 13 heteroatoms. The maximum atomic E-state index is 12.6. The summed E-state index contributed by atoms with van der Waals surface area (Å²) in [6.45, 7) is 7.36. The number of carbonyl (C=O) groups excluding carboxylic acids is 2. The number of nitrogens with one attached hydrogen (secondary N) is 3. The Hall–Kier alpha value is -2.67. The summed E-state index contributed by atoms with van der Waals surface area (Å²) in [7, 11) is 0. The quantitative estimate of drug-likeness (QED) is 0.228. The summed E-state index contributed by atoms with van der Waals surface area (Å²) < 4.78 is 5.23.